The maximum absolute atomic E-state index is 5.29. The Labute approximate surface area is 103 Å². The number of nitrogens with one attached hydrogen (secondary N) is 1. The highest BCUT2D eigenvalue weighted by atomic mass is 16.5. The van der Waals surface area contributed by atoms with Crippen LogP contribution in [0.15, 0.2) is 18.2 Å². The zero-order valence-corrected chi connectivity index (χ0v) is 10.9. The SMILES string of the molecule is CNC(CCOC)c1ccc(OC)c(OC)c1. The van der Waals surface area contributed by atoms with Crippen LogP contribution in [-0.4, -0.2) is 35.0 Å². The van der Waals surface area contributed by atoms with E-state index in [1.54, 1.807) is 21.3 Å². The van der Waals surface area contributed by atoms with Gasteiger partial charge in [0.1, 0.15) is 0 Å². The molecule has 1 aromatic rings. The van der Waals surface area contributed by atoms with Crippen LogP contribution in [0.4, 0.5) is 0 Å². The highest BCUT2D eigenvalue weighted by Crippen LogP contribution is 2.30. The maximum Gasteiger partial charge on any atom is 0.161 e. The summed E-state index contributed by atoms with van der Waals surface area (Å²) in [5, 5.41) is 3.27. The lowest BCUT2D eigenvalue weighted by Crippen LogP contribution is -2.18. The van der Waals surface area contributed by atoms with Crippen LogP contribution in [0.2, 0.25) is 0 Å². The van der Waals surface area contributed by atoms with Gasteiger partial charge in [0.15, 0.2) is 11.5 Å². The minimum atomic E-state index is 0.259. The van der Waals surface area contributed by atoms with E-state index in [1.807, 2.05) is 25.2 Å². The van der Waals surface area contributed by atoms with Crippen LogP contribution in [0.25, 0.3) is 0 Å². The van der Waals surface area contributed by atoms with Gasteiger partial charge in [-0.1, -0.05) is 6.07 Å². The summed E-state index contributed by atoms with van der Waals surface area (Å²) < 4.78 is 15.6. The first-order chi connectivity index (χ1) is 8.26. The van der Waals surface area contributed by atoms with Crippen molar-refractivity contribution >= 4 is 0 Å². The third-order valence-electron chi connectivity index (χ3n) is 2.77. The molecule has 1 aromatic carbocycles. The molecule has 1 N–H and O–H groups in total. The fourth-order valence-corrected chi connectivity index (χ4v) is 1.78. The van der Waals surface area contributed by atoms with Gasteiger partial charge in [-0.2, -0.15) is 0 Å². The van der Waals surface area contributed by atoms with E-state index in [1.165, 1.54) is 5.56 Å². The molecule has 0 bridgehead atoms. The molecule has 0 amide bonds. The highest BCUT2D eigenvalue weighted by Gasteiger charge is 2.12. The lowest BCUT2D eigenvalue weighted by Gasteiger charge is -2.18. The van der Waals surface area contributed by atoms with Crippen molar-refractivity contribution in [3.8, 4) is 11.5 Å². The van der Waals surface area contributed by atoms with Crippen LogP contribution in [0.5, 0.6) is 11.5 Å². The van der Waals surface area contributed by atoms with Crippen LogP contribution in [0, 0.1) is 0 Å². The standard InChI is InChI=1S/C13H21NO3/c1-14-11(7-8-15-2)10-5-6-12(16-3)13(9-10)17-4/h5-6,9,11,14H,7-8H2,1-4H3. The number of methoxy groups -OCH3 is 3. The molecule has 17 heavy (non-hydrogen) atoms. The predicted molar refractivity (Wildman–Crippen MR) is 67.8 cm³/mol. The van der Waals surface area contributed by atoms with Crippen molar-refractivity contribution < 1.29 is 14.2 Å². The van der Waals surface area contributed by atoms with Crippen LogP contribution < -0.4 is 14.8 Å². The normalized spacial score (nSPS) is 12.2. The lowest BCUT2D eigenvalue weighted by molar-refractivity contribution is 0.184. The van der Waals surface area contributed by atoms with Gasteiger partial charge in [-0.15, -0.1) is 0 Å². The summed E-state index contributed by atoms with van der Waals surface area (Å²) in [7, 11) is 6.93. The zero-order chi connectivity index (χ0) is 12.7. The van der Waals surface area contributed by atoms with Crippen molar-refractivity contribution in [1.29, 1.82) is 0 Å². The Bertz CT molecular complexity index is 341. The molecule has 1 rings (SSSR count). The summed E-state index contributed by atoms with van der Waals surface area (Å²) in [6.07, 6.45) is 0.919. The molecule has 0 aromatic heterocycles. The highest BCUT2D eigenvalue weighted by molar-refractivity contribution is 5.43. The number of benzene rings is 1. The summed E-state index contributed by atoms with van der Waals surface area (Å²) >= 11 is 0. The Morgan fingerprint density at radius 3 is 2.35 bits per heavy atom. The first kappa shape index (κ1) is 13.8. The molecular weight excluding hydrogens is 218 g/mol. The summed E-state index contributed by atoms with van der Waals surface area (Å²) in [6.45, 7) is 0.722. The minimum Gasteiger partial charge on any atom is -0.493 e. The fourth-order valence-electron chi connectivity index (χ4n) is 1.78. The van der Waals surface area contributed by atoms with Crippen molar-refractivity contribution in [3.05, 3.63) is 23.8 Å². The second kappa shape index (κ2) is 7.14. The summed E-state index contributed by atoms with van der Waals surface area (Å²) in [5.74, 6) is 1.50. The third-order valence-corrected chi connectivity index (χ3v) is 2.77. The zero-order valence-electron chi connectivity index (χ0n) is 10.9. The van der Waals surface area contributed by atoms with E-state index >= 15 is 0 Å². The molecule has 0 fully saturated rings. The van der Waals surface area contributed by atoms with Crippen molar-refractivity contribution in [2.75, 3.05) is 35.0 Å². The molecule has 4 heteroatoms. The van der Waals surface area contributed by atoms with Crippen LogP contribution >= 0.6 is 0 Å². The van der Waals surface area contributed by atoms with Crippen LogP contribution in [-0.2, 0) is 4.74 Å². The molecule has 1 atom stereocenters. The third kappa shape index (κ3) is 3.61. The molecular formula is C13H21NO3. The molecule has 0 radical (unpaired) electrons. The Kier molecular flexibility index (Phi) is 5.80. The number of ether oxygens (including phenoxy) is 3. The van der Waals surface area contributed by atoms with Crippen molar-refractivity contribution in [2.24, 2.45) is 0 Å². The van der Waals surface area contributed by atoms with E-state index in [2.05, 4.69) is 5.32 Å². The number of rotatable bonds is 7. The van der Waals surface area contributed by atoms with Crippen molar-refractivity contribution in [1.82, 2.24) is 5.32 Å². The molecule has 1 unspecified atom stereocenters. The van der Waals surface area contributed by atoms with Crippen LogP contribution in [0.3, 0.4) is 0 Å². The topological polar surface area (TPSA) is 39.7 Å². The quantitative estimate of drug-likeness (QED) is 0.790. The second-order valence-electron chi connectivity index (χ2n) is 3.74. The Hall–Kier alpha value is -1.26. The second-order valence-corrected chi connectivity index (χ2v) is 3.74. The van der Waals surface area contributed by atoms with E-state index < -0.39 is 0 Å². The van der Waals surface area contributed by atoms with Crippen molar-refractivity contribution in [3.63, 3.8) is 0 Å². The fraction of sp³-hybridized carbons (Fsp3) is 0.538. The lowest BCUT2D eigenvalue weighted by atomic mass is 10.0. The van der Waals surface area contributed by atoms with E-state index in [-0.39, 0.29) is 6.04 Å². The smallest absolute Gasteiger partial charge is 0.161 e. The molecule has 0 spiro atoms. The van der Waals surface area contributed by atoms with E-state index in [4.69, 9.17) is 14.2 Å². The van der Waals surface area contributed by atoms with Gasteiger partial charge < -0.3 is 19.5 Å². The molecule has 0 saturated carbocycles. The van der Waals surface area contributed by atoms with Gasteiger partial charge in [-0.05, 0) is 31.2 Å². The Morgan fingerprint density at radius 1 is 1.12 bits per heavy atom. The van der Waals surface area contributed by atoms with Gasteiger partial charge in [-0.25, -0.2) is 0 Å². The Morgan fingerprint density at radius 2 is 1.82 bits per heavy atom. The molecule has 0 saturated heterocycles. The van der Waals surface area contributed by atoms with Gasteiger partial charge in [0, 0.05) is 19.8 Å². The molecule has 0 heterocycles. The van der Waals surface area contributed by atoms with Crippen LogP contribution in [0.1, 0.15) is 18.0 Å². The van der Waals surface area contributed by atoms with E-state index in [0.717, 1.165) is 24.5 Å². The monoisotopic (exact) mass is 239 g/mol. The summed E-state index contributed by atoms with van der Waals surface area (Å²) in [6, 6.07) is 6.22. The first-order valence-corrected chi connectivity index (χ1v) is 5.65. The maximum atomic E-state index is 5.29. The molecule has 0 aliphatic rings. The minimum absolute atomic E-state index is 0.259. The first-order valence-electron chi connectivity index (χ1n) is 5.65. The average molecular weight is 239 g/mol. The largest absolute Gasteiger partial charge is 0.493 e. The summed E-state index contributed by atoms with van der Waals surface area (Å²) in [5.41, 5.74) is 1.17. The van der Waals surface area contributed by atoms with Gasteiger partial charge in [-0.3, -0.25) is 0 Å². The molecule has 0 aliphatic carbocycles. The van der Waals surface area contributed by atoms with Gasteiger partial charge in [0.2, 0.25) is 0 Å². The van der Waals surface area contributed by atoms with Crippen molar-refractivity contribution in [2.45, 2.75) is 12.5 Å². The summed E-state index contributed by atoms with van der Waals surface area (Å²) in [4.78, 5) is 0. The average Bonchev–Trinajstić information content (AvgIpc) is 2.39. The number of hydrogen-bond acceptors (Lipinski definition) is 4. The Balaban J connectivity index is 2.88. The molecule has 96 valence electrons. The predicted octanol–water partition coefficient (Wildman–Crippen LogP) is 2.00. The number of hydrogen-bond donors (Lipinski definition) is 1. The van der Waals surface area contributed by atoms with E-state index in [9.17, 15) is 0 Å². The molecule has 4 nitrogen and oxygen atoms in total. The molecule has 0 aliphatic heterocycles. The van der Waals surface area contributed by atoms with Gasteiger partial charge >= 0.3 is 0 Å². The van der Waals surface area contributed by atoms with Gasteiger partial charge in [0.25, 0.3) is 0 Å². The van der Waals surface area contributed by atoms with E-state index in [0.29, 0.717) is 0 Å². The van der Waals surface area contributed by atoms with Gasteiger partial charge in [0.05, 0.1) is 14.2 Å².